The van der Waals surface area contributed by atoms with E-state index in [9.17, 15) is 17.7 Å². The minimum Gasteiger partial charge on any atom is -0.448 e. The first-order chi connectivity index (χ1) is 6.79. The maximum absolute atomic E-state index is 12.2. The Morgan fingerprint density at radius 2 is 2.07 bits per heavy atom. The maximum atomic E-state index is 12.2. The maximum Gasteiger partial charge on any atom is 0.492 e. The lowest BCUT2D eigenvalue weighted by Gasteiger charge is -2.39. The molecule has 2 unspecified atom stereocenters. The summed E-state index contributed by atoms with van der Waals surface area (Å²) in [5, 5.41) is 0. The molecule has 1 aliphatic rings. The molecule has 88 valence electrons. The number of nitrogens with two attached hydrogens (primary N) is 1. The molecule has 3 nitrogen and oxygen atoms in total. The van der Waals surface area contributed by atoms with Crippen molar-refractivity contribution in [1.29, 1.82) is 0 Å². The number of piperidine rings is 1. The average Bonchev–Trinajstić information content (AvgIpc) is 2.06. The third-order valence-electron chi connectivity index (χ3n) is 2.86. The second kappa shape index (κ2) is 4.43. The van der Waals surface area contributed by atoms with E-state index in [0.29, 0.717) is 12.8 Å². The van der Waals surface area contributed by atoms with Gasteiger partial charge in [-0.25, -0.2) is 0 Å². The summed E-state index contributed by atoms with van der Waals surface area (Å²) in [6.45, 7) is -2.94. The number of rotatable bonds is 3. The van der Waals surface area contributed by atoms with Gasteiger partial charge in [-0.1, -0.05) is 0 Å². The van der Waals surface area contributed by atoms with E-state index in [0.717, 1.165) is 0 Å². The highest BCUT2D eigenvalue weighted by atomic mass is 19.4. The Labute approximate surface area is 86.9 Å². The lowest BCUT2D eigenvalue weighted by atomic mass is 9.85. The molecule has 2 atom stereocenters. The van der Waals surface area contributed by atoms with Crippen molar-refractivity contribution in [2.24, 2.45) is 11.7 Å². The summed E-state index contributed by atoms with van der Waals surface area (Å²) in [5.74, 6) is -0.930. The second-order valence-corrected chi connectivity index (χ2v) is 4.19. The average molecular weight is 223 g/mol. The van der Waals surface area contributed by atoms with Crippen LogP contribution < -0.4 is 5.73 Å². The molecular weight excluding hydrogens is 208 g/mol. The second-order valence-electron chi connectivity index (χ2n) is 4.19. The summed E-state index contributed by atoms with van der Waals surface area (Å²) in [6.07, 6.45) is 0.294. The molecule has 1 saturated heterocycles. The van der Waals surface area contributed by atoms with E-state index in [1.807, 2.05) is 0 Å². The van der Waals surface area contributed by atoms with Crippen molar-refractivity contribution in [3.05, 3.63) is 0 Å². The van der Waals surface area contributed by atoms with Crippen molar-refractivity contribution in [3.63, 3.8) is 0 Å². The van der Waals surface area contributed by atoms with Gasteiger partial charge in [-0.3, -0.25) is 4.79 Å². The number of primary amides is 1. The fraction of sp³-hybridized carbons (Fsp3) is 0.875. The molecule has 2 N–H and O–H groups in total. The molecule has 1 heterocycles. The number of carbonyl (C=O) groups excluding carboxylic acids is 1. The highest BCUT2D eigenvalue weighted by Crippen LogP contribution is 2.24. The molecule has 0 aromatic heterocycles. The van der Waals surface area contributed by atoms with Crippen LogP contribution in [0, 0.1) is 5.92 Å². The van der Waals surface area contributed by atoms with Crippen LogP contribution >= 0.6 is 0 Å². The molecule has 1 rings (SSSR count). The number of likely N-dealkylation sites (tertiary alicyclic amines) is 1. The zero-order valence-electron chi connectivity index (χ0n) is 8.63. The van der Waals surface area contributed by atoms with Crippen LogP contribution in [0.3, 0.4) is 0 Å². The largest absolute Gasteiger partial charge is 0.492 e. The van der Waals surface area contributed by atoms with Gasteiger partial charge < -0.3 is 23.6 Å². The van der Waals surface area contributed by atoms with E-state index in [1.165, 1.54) is 4.90 Å². The number of hydrogen-bond donors (Lipinski definition) is 1. The summed E-state index contributed by atoms with van der Waals surface area (Å²) >= 11 is 0. The van der Waals surface area contributed by atoms with Crippen molar-refractivity contribution in [3.8, 4) is 0 Å². The summed E-state index contributed by atoms with van der Waals surface area (Å²) < 4.78 is 36.7. The Kier molecular flexibility index (Phi) is 3.65. The predicted octanol–water partition coefficient (Wildman–Crippen LogP) is 0.959. The van der Waals surface area contributed by atoms with Crippen LogP contribution in [0.1, 0.15) is 19.8 Å². The van der Waals surface area contributed by atoms with Crippen molar-refractivity contribution in [2.45, 2.75) is 25.8 Å². The van der Waals surface area contributed by atoms with Crippen molar-refractivity contribution in [1.82, 2.24) is 4.90 Å². The minimum atomic E-state index is -4.83. The number of nitrogens with zero attached hydrogens (tertiary/aromatic N) is 1. The number of halogens is 3. The zero-order valence-corrected chi connectivity index (χ0v) is 8.63. The molecule has 1 aliphatic heterocycles. The van der Waals surface area contributed by atoms with Crippen molar-refractivity contribution >= 4 is 12.9 Å². The number of hydrogen-bond acceptors (Lipinski definition) is 2. The van der Waals surface area contributed by atoms with Crippen LogP contribution in [0.2, 0.25) is 0 Å². The Bertz CT molecular complexity index is 247. The van der Waals surface area contributed by atoms with Gasteiger partial charge in [0.05, 0.1) is 5.92 Å². The molecule has 1 amide bonds. The fourth-order valence-electron chi connectivity index (χ4n) is 1.93. The van der Waals surface area contributed by atoms with Gasteiger partial charge in [0.25, 0.3) is 0 Å². The van der Waals surface area contributed by atoms with E-state index in [4.69, 9.17) is 5.73 Å². The Balaban J connectivity index is 2.58. The van der Waals surface area contributed by atoms with E-state index < -0.39 is 25.2 Å². The molecule has 0 aliphatic carbocycles. The molecule has 0 bridgehead atoms. The Morgan fingerprint density at radius 3 is 2.53 bits per heavy atom. The quantitative estimate of drug-likeness (QED) is 0.724. The number of carbonyl (C=O) groups is 1. The smallest absolute Gasteiger partial charge is 0.448 e. The minimum absolute atomic E-state index is 0.121. The SMILES string of the molecule is CC1CCC(C(N)=O)CN1C[B-](F)(F)F. The van der Waals surface area contributed by atoms with E-state index in [-0.39, 0.29) is 12.6 Å². The monoisotopic (exact) mass is 223 g/mol. The standard InChI is InChI=1S/C8H15BF3N2O/c1-6-2-3-7(8(13)15)4-14(6)5-9(10,11)12/h6-7H,2-5H2,1H3,(H2,13,15)/q-1. The zero-order chi connectivity index (χ0) is 11.6. The molecule has 0 aromatic rings. The van der Waals surface area contributed by atoms with Crippen LogP contribution in [-0.2, 0) is 4.79 Å². The van der Waals surface area contributed by atoms with Crippen LogP contribution in [0.4, 0.5) is 12.9 Å². The Morgan fingerprint density at radius 1 is 1.47 bits per heavy atom. The molecule has 7 heteroatoms. The van der Waals surface area contributed by atoms with Gasteiger partial charge >= 0.3 is 6.98 Å². The van der Waals surface area contributed by atoms with E-state index in [2.05, 4.69) is 0 Å². The van der Waals surface area contributed by atoms with Gasteiger partial charge in [0.15, 0.2) is 0 Å². The highest BCUT2D eigenvalue weighted by molar-refractivity contribution is 6.58. The first-order valence-electron chi connectivity index (χ1n) is 5.04. The molecule has 15 heavy (non-hydrogen) atoms. The Hall–Kier alpha value is -0.715. The predicted molar refractivity (Wildman–Crippen MR) is 52.0 cm³/mol. The van der Waals surface area contributed by atoms with Crippen LogP contribution in [-0.4, -0.2) is 36.8 Å². The third kappa shape index (κ3) is 3.73. The first-order valence-corrected chi connectivity index (χ1v) is 5.04. The van der Waals surface area contributed by atoms with Crippen molar-refractivity contribution < 1.29 is 17.7 Å². The van der Waals surface area contributed by atoms with Gasteiger partial charge in [0.2, 0.25) is 5.91 Å². The number of amides is 1. The molecule has 0 aromatic carbocycles. The summed E-state index contributed by atoms with van der Waals surface area (Å²) in [5.41, 5.74) is 5.10. The summed E-state index contributed by atoms with van der Waals surface area (Å²) in [6, 6.07) is -0.121. The molecular formula is C8H15BF3N2O-. The van der Waals surface area contributed by atoms with Gasteiger partial charge in [-0.15, -0.1) is 0 Å². The van der Waals surface area contributed by atoms with Crippen LogP contribution in [0.15, 0.2) is 0 Å². The third-order valence-corrected chi connectivity index (χ3v) is 2.86. The highest BCUT2D eigenvalue weighted by Gasteiger charge is 2.34. The van der Waals surface area contributed by atoms with E-state index >= 15 is 0 Å². The summed E-state index contributed by atoms with van der Waals surface area (Å²) in [7, 11) is 0. The lowest BCUT2D eigenvalue weighted by Crippen LogP contribution is -2.50. The van der Waals surface area contributed by atoms with Gasteiger partial charge in [0.1, 0.15) is 0 Å². The molecule has 0 spiro atoms. The lowest BCUT2D eigenvalue weighted by molar-refractivity contribution is -0.123. The molecule has 0 saturated carbocycles. The van der Waals surface area contributed by atoms with Gasteiger partial charge in [0, 0.05) is 12.6 Å². The van der Waals surface area contributed by atoms with Crippen LogP contribution in [0.25, 0.3) is 0 Å². The van der Waals surface area contributed by atoms with Crippen LogP contribution in [0.5, 0.6) is 0 Å². The topological polar surface area (TPSA) is 46.3 Å². The van der Waals surface area contributed by atoms with Gasteiger partial charge in [-0.2, -0.15) is 0 Å². The van der Waals surface area contributed by atoms with Gasteiger partial charge in [-0.05, 0) is 26.2 Å². The molecule has 0 radical (unpaired) electrons. The fourth-order valence-corrected chi connectivity index (χ4v) is 1.93. The summed E-state index contributed by atoms with van der Waals surface area (Å²) in [4.78, 5) is 12.2. The van der Waals surface area contributed by atoms with E-state index in [1.54, 1.807) is 6.92 Å². The normalized spacial score (nSPS) is 29.1. The van der Waals surface area contributed by atoms with Crippen molar-refractivity contribution in [2.75, 3.05) is 13.0 Å². The first kappa shape index (κ1) is 12.4. The molecule has 1 fully saturated rings.